The number of aryl methyl sites for hydroxylation is 2. The van der Waals surface area contributed by atoms with Crippen molar-refractivity contribution in [3.8, 4) is 5.69 Å². The summed E-state index contributed by atoms with van der Waals surface area (Å²) in [5.74, 6) is -0.315. The van der Waals surface area contributed by atoms with Gasteiger partial charge in [0, 0.05) is 23.9 Å². The molecule has 0 unspecified atom stereocenters. The van der Waals surface area contributed by atoms with Gasteiger partial charge < -0.3 is 10.1 Å². The van der Waals surface area contributed by atoms with E-state index in [1.807, 2.05) is 31.4 Å². The van der Waals surface area contributed by atoms with Crippen molar-refractivity contribution in [2.45, 2.75) is 27.0 Å². The molecule has 7 heteroatoms. The van der Waals surface area contributed by atoms with E-state index in [2.05, 4.69) is 15.4 Å². The van der Waals surface area contributed by atoms with Crippen molar-refractivity contribution in [3.63, 3.8) is 0 Å². The zero-order valence-corrected chi connectivity index (χ0v) is 14.7. The number of hydrogen-bond donors (Lipinski definition) is 1. The van der Waals surface area contributed by atoms with Gasteiger partial charge in [-0.1, -0.05) is 0 Å². The van der Waals surface area contributed by atoms with Gasteiger partial charge in [-0.2, -0.15) is 5.10 Å². The van der Waals surface area contributed by atoms with Gasteiger partial charge >= 0.3 is 0 Å². The summed E-state index contributed by atoms with van der Waals surface area (Å²) in [5, 5.41) is 10.4. The van der Waals surface area contributed by atoms with Gasteiger partial charge in [0.15, 0.2) is 5.82 Å². The van der Waals surface area contributed by atoms with Crippen LogP contribution in [0.5, 0.6) is 0 Å². The van der Waals surface area contributed by atoms with Crippen molar-refractivity contribution in [1.82, 2.24) is 14.8 Å². The molecule has 0 aliphatic carbocycles. The van der Waals surface area contributed by atoms with Crippen LogP contribution in [0.25, 0.3) is 5.69 Å². The van der Waals surface area contributed by atoms with Crippen LogP contribution in [0.15, 0.2) is 29.6 Å². The lowest BCUT2D eigenvalue weighted by atomic mass is 10.2. The van der Waals surface area contributed by atoms with E-state index in [1.165, 1.54) is 6.07 Å². The number of anilines is 1. The minimum atomic E-state index is -0.315. The first kappa shape index (κ1) is 16.6. The number of ether oxygens (including phenoxy) is 1. The van der Waals surface area contributed by atoms with Crippen LogP contribution in [-0.4, -0.2) is 21.9 Å². The molecule has 1 N–H and O–H groups in total. The van der Waals surface area contributed by atoms with Crippen LogP contribution in [0.1, 0.15) is 22.1 Å². The Hall–Kier alpha value is -2.25. The molecule has 0 amide bonds. The first-order valence-electron chi connectivity index (χ1n) is 7.56. The average Bonchev–Trinajstić information content (AvgIpc) is 3.12. The number of rotatable bonds is 6. The highest BCUT2D eigenvalue weighted by Crippen LogP contribution is 2.20. The van der Waals surface area contributed by atoms with Crippen molar-refractivity contribution in [1.29, 1.82) is 0 Å². The van der Waals surface area contributed by atoms with E-state index in [9.17, 15) is 4.39 Å². The van der Waals surface area contributed by atoms with Crippen LogP contribution < -0.4 is 5.32 Å². The van der Waals surface area contributed by atoms with Gasteiger partial charge in [-0.25, -0.2) is 14.1 Å². The molecule has 0 aliphatic rings. The van der Waals surface area contributed by atoms with Gasteiger partial charge in [0.25, 0.3) is 0 Å². The Morgan fingerprint density at radius 1 is 1.29 bits per heavy atom. The molecule has 0 spiro atoms. The first-order valence-corrected chi connectivity index (χ1v) is 8.44. The van der Waals surface area contributed by atoms with Crippen LogP contribution >= 0.6 is 11.3 Å². The van der Waals surface area contributed by atoms with Crippen molar-refractivity contribution in [2.24, 2.45) is 0 Å². The van der Waals surface area contributed by atoms with Crippen LogP contribution in [0, 0.1) is 19.7 Å². The molecular weight excluding hydrogens is 327 g/mol. The Morgan fingerprint density at radius 2 is 2.12 bits per heavy atom. The number of aromatic nitrogens is 3. The highest BCUT2D eigenvalue weighted by Gasteiger charge is 2.10. The van der Waals surface area contributed by atoms with Crippen molar-refractivity contribution in [2.75, 3.05) is 12.4 Å². The number of nitrogens with zero attached hydrogens (tertiary/aromatic N) is 3. The smallest absolute Gasteiger partial charge is 0.150 e. The summed E-state index contributed by atoms with van der Waals surface area (Å²) in [6.45, 7) is 4.85. The number of halogens is 1. The largest absolute Gasteiger partial charge is 0.379 e. The summed E-state index contributed by atoms with van der Waals surface area (Å²) in [5.41, 5.74) is 3.83. The van der Waals surface area contributed by atoms with Gasteiger partial charge in [0.05, 0.1) is 24.5 Å². The monoisotopic (exact) mass is 346 g/mol. The molecule has 126 valence electrons. The molecule has 0 saturated heterocycles. The van der Waals surface area contributed by atoms with Crippen LogP contribution in [-0.2, 0) is 17.9 Å². The highest BCUT2D eigenvalue weighted by molar-refractivity contribution is 7.09. The minimum Gasteiger partial charge on any atom is -0.379 e. The van der Waals surface area contributed by atoms with Crippen LogP contribution in [0.2, 0.25) is 0 Å². The van der Waals surface area contributed by atoms with E-state index in [-0.39, 0.29) is 5.82 Å². The average molecular weight is 346 g/mol. The maximum absolute atomic E-state index is 14.4. The maximum atomic E-state index is 14.4. The van der Waals surface area contributed by atoms with E-state index < -0.39 is 0 Å². The van der Waals surface area contributed by atoms with Gasteiger partial charge in [0.2, 0.25) is 0 Å². The summed E-state index contributed by atoms with van der Waals surface area (Å²) in [4.78, 5) is 4.44. The number of methoxy groups -OCH3 is 1. The summed E-state index contributed by atoms with van der Waals surface area (Å²) < 4.78 is 21.1. The Bertz CT molecular complexity index is 843. The summed E-state index contributed by atoms with van der Waals surface area (Å²) >= 11 is 1.55. The lowest BCUT2D eigenvalue weighted by molar-refractivity contribution is 0.184. The molecule has 1 aromatic carbocycles. The highest BCUT2D eigenvalue weighted by atomic mass is 32.1. The minimum absolute atomic E-state index is 0.315. The third-order valence-corrected chi connectivity index (χ3v) is 4.40. The maximum Gasteiger partial charge on any atom is 0.150 e. The second kappa shape index (κ2) is 7.11. The normalized spacial score (nSPS) is 11.0. The van der Waals surface area contributed by atoms with Gasteiger partial charge in [-0.05, 0) is 38.1 Å². The summed E-state index contributed by atoms with van der Waals surface area (Å²) in [6.07, 6.45) is 0. The number of benzene rings is 1. The number of nitrogens with one attached hydrogen (secondary N) is 1. The molecule has 0 atom stereocenters. The predicted octanol–water partition coefficient (Wildman–Crippen LogP) is 3.84. The molecule has 24 heavy (non-hydrogen) atoms. The summed E-state index contributed by atoms with van der Waals surface area (Å²) in [7, 11) is 1.65. The molecule has 0 bridgehead atoms. The van der Waals surface area contributed by atoms with Gasteiger partial charge in [0.1, 0.15) is 10.7 Å². The molecule has 2 aromatic heterocycles. The Kier molecular flexibility index (Phi) is 4.92. The number of hydrogen-bond acceptors (Lipinski definition) is 5. The second-order valence-electron chi connectivity index (χ2n) is 5.52. The molecule has 5 nitrogen and oxygen atoms in total. The third kappa shape index (κ3) is 3.63. The molecule has 3 aromatic rings. The zero-order chi connectivity index (χ0) is 17.1. The van der Waals surface area contributed by atoms with Crippen LogP contribution in [0.4, 0.5) is 10.1 Å². The second-order valence-corrected chi connectivity index (χ2v) is 6.47. The quantitative estimate of drug-likeness (QED) is 0.737. The van der Waals surface area contributed by atoms with Crippen LogP contribution in [0.3, 0.4) is 0 Å². The zero-order valence-electron chi connectivity index (χ0n) is 13.8. The molecule has 0 radical (unpaired) electrons. The van der Waals surface area contributed by atoms with E-state index in [4.69, 9.17) is 4.74 Å². The van der Waals surface area contributed by atoms with E-state index in [0.29, 0.717) is 24.5 Å². The number of thiazole rings is 1. The predicted molar refractivity (Wildman–Crippen MR) is 93.1 cm³/mol. The van der Waals surface area contributed by atoms with E-state index in [0.717, 1.165) is 22.1 Å². The Morgan fingerprint density at radius 3 is 2.79 bits per heavy atom. The molecule has 0 fully saturated rings. The fourth-order valence-corrected chi connectivity index (χ4v) is 3.24. The molecule has 0 aliphatic heterocycles. The molecule has 2 heterocycles. The summed E-state index contributed by atoms with van der Waals surface area (Å²) in [6, 6.07) is 6.98. The Balaban J connectivity index is 1.71. The fourth-order valence-electron chi connectivity index (χ4n) is 2.47. The fraction of sp³-hybridized carbons (Fsp3) is 0.294. The van der Waals surface area contributed by atoms with Crippen molar-refractivity contribution < 1.29 is 9.13 Å². The van der Waals surface area contributed by atoms with E-state index in [1.54, 1.807) is 29.2 Å². The third-order valence-electron chi connectivity index (χ3n) is 3.53. The van der Waals surface area contributed by atoms with Gasteiger partial charge in [-0.3, -0.25) is 0 Å². The lowest BCUT2D eigenvalue weighted by Gasteiger charge is -2.09. The lowest BCUT2D eigenvalue weighted by Crippen LogP contribution is -2.04. The standard InChI is InChI=1S/C17H19FN4OS/c1-11-6-12(2)22(21-11)16-5-4-13(7-15(16)18)19-8-14-10-24-17(20-14)9-23-3/h4-7,10,19H,8-9H2,1-3H3. The Labute approximate surface area is 144 Å². The van der Waals surface area contributed by atoms with Crippen molar-refractivity contribution >= 4 is 17.0 Å². The topological polar surface area (TPSA) is 52.0 Å². The van der Waals surface area contributed by atoms with E-state index >= 15 is 0 Å². The molecule has 3 rings (SSSR count). The van der Waals surface area contributed by atoms with Gasteiger partial charge in [-0.15, -0.1) is 11.3 Å². The first-order chi connectivity index (χ1) is 11.6. The molecular formula is C17H19FN4OS. The van der Waals surface area contributed by atoms with Crippen molar-refractivity contribution in [3.05, 3.63) is 57.6 Å². The molecule has 0 saturated carbocycles. The SMILES string of the molecule is COCc1nc(CNc2ccc(-n3nc(C)cc3C)c(F)c2)cs1.